The fourth-order valence-corrected chi connectivity index (χ4v) is 3.24. The Hall–Kier alpha value is -3.10. The SMILES string of the molecule is CNc1cc(NC2=CC=CN(C3CC(F)C3)C2)nc2c(C(N)=O)cnn12. The number of hydrogen-bond acceptors (Lipinski definition) is 6. The number of carbonyl (C=O) groups excluding carboxylic acids is 1. The molecule has 2 aliphatic rings. The van der Waals surface area contributed by atoms with Crippen LogP contribution in [0.25, 0.3) is 5.65 Å². The first-order valence-electron chi connectivity index (χ1n) is 8.45. The average Bonchev–Trinajstić information content (AvgIpc) is 3.02. The number of nitrogens with zero attached hydrogens (tertiary/aromatic N) is 4. The maximum absolute atomic E-state index is 13.1. The lowest BCUT2D eigenvalue weighted by Gasteiger charge is -2.40. The Morgan fingerprint density at radius 1 is 1.42 bits per heavy atom. The molecule has 0 unspecified atom stereocenters. The Kier molecular flexibility index (Phi) is 3.98. The van der Waals surface area contributed by atoms with Gasteiger partial charge in [0.2, 0.25) is 0 Å². The van der Waals surface area contributed by atoms with Crippen molar-refractivity contribution in [1.29, 1.82) is 0 Å². The monoisotopic (exact) mass is 357 g/mol. The maximum atomic E-state index is 13.1. The van der Waals surface area contributed by atoms with Crippen LogP contribution in [0.5, 0.6) is 0 Å². The van der Waals surface area contributed by atoms with Crippen molar-refractivity contribution in [2.45, 2.75) is 25.1 Å². The van der Waals surface area contributed by atoms with Gasteiger partial charge in [0.25, 0.3) is 5.91 Å². The molecule has 4 N–H and O–H groups in total. The molecular formula is C17H20FN7O. The van der Waals surface area contributed by atoms with Crippen molar-refractivity contribution in [3.8, 4) is 0 Å². The van der Waals surface area contributed by atoms with E-state index in [2.05, 4.69) is 25.6 Å². The van der Waals surface area contributed by atoms with Gasteiger partial charge in [0, 0.05) is 24.9 Å². The Balaban J connectivity index is 1.59. The predicted octanol–water partition coefficient (Wildman–Crippen LogP) is 1.50. The van der Waals surface area contributed by atoms with Crippen molar-refractivity contribution in [2.75, 3.05) is 24.2 Å². The second-order valence-electron chi connectivity index (χ2n) is 6.49. The van der Waals surface area contributed by atoms with Crippen molar-refractivity contribution >= 4 is 23.2 Å². The summed E-state index contributed by atoms with van der Waals surface area (Å²) in [5.74, 6) is 0.667. The molecule has 26 heavy (non-hydrogen) atoms. The molecule has 0 radical (unpaired) electrons. The zero-order valence-corrected chi connectivity index (χ0v) is 14.3. The van der Waals surface area contributed by atoms with Gasteiger partial charge in [-0.25, -0.2) is 9.37 Å². The standard InChI is InChI=1S/C17H20FN7O/c1-20-15-7-14(23-17-13(16(19)26)8-21-25(15)17)22-11-3-2-4-24(9-11)12-5-10(18)6-12/h2-4,7-8,10,12,20H,5-6,9H2,1H3,(H2,19,26)(H,22,23). The number of nitrogens with one attached hydrogen (secondary N) is 2. The van der Waals surface area contributed by atoms with Gasteiger partial charge >= 0.3 is 0 Å². The van der Waals surface area contributed by atoms with Crippen LogP contribution in [0, 0.1) is 0 Å². The van der Waals surface area contributed by atoms with Crippen LogP contribution in [-0.4, -0.2) is 51.2 Å². The van der Waals surface area contributed by atoms with E-state index in [4.69, 9.17) is 5.73 Å². The third-order valence-electron chi connectivity index (χ3n) is 4.73. The molecule has 0 saturated heterocycles. The van der Waals surface area contributed by atoms with Crippen LogP contribution in [-0.2, 0) is 0 Å². The van der Waals surface area contributed by atoms with E-state index < -0.39 is 12.1 Å². The minimum absolute atomic E-state index is 0.242. The molecule has 1 aliphatic heterocycles. The molecule has 0 spiro atoms. The van der Waals surface area contributed by atoms with Gasteiger partial charge in [0.05, 0.1) is 12.7 Å². The number of amides is 1. The minimum atomic E-state index is -0.688. The lowest BCUT2D eigenvalue weighted by atomic mass is 9.89. The number of fused-ring (bicyclic) bond motifs is 1. The molecule has 0 aromatic carbocycles. The van der Waals surface area contributed by atoms with Crippen molar-refractivity contribution in [1.82, 2.24) is 19.5 Å². The second kappa shape index (κ2) is 6.32. The van der Waals surface area contributed by atoms with Gasteiger partial charge in [-0.3, -0.25) is 4.79 Å². The van der Waals surface area contributed by atoms with Crippen molar-refractivity contribution in [3.63, 3.8) is 0 Å². The van der Waals surface area contributed by atoms with E-state index in [0.717, 1.165) is 5.70 Å². The number of aromatic nitrogens is 3. The number of rotatable bonds is 5. The summed E-state index contributed by atoms with van der Waals surface area (Å²) >= 11 is 0. The first-order valence-corrected chi connectivity index (χ1v) is 8.45. The lowest BCUT2D eigenvalue weighted by Crippen LogP contribution is -2.44. The number of carbonyl (C=O) groups is 1. The zero-order valence-electron chi connectivity index (χ0n) is 14.3. The molecule has 1 fully saturated rings. The molecule has 3 heterocycles. The molecule has 2 aromatic rings. The number of allylic oxidation sites excluding steroid dienone is 2. The first kappa shape index (κ1) is 16.4. The van der Waals surface area contributed by atoms with Crippen LogP contribution in [0.1, 0.15) is 23.2 Å². The number of halogens is 1. The molecule has 1 saturated carbocycles. The highest BCUT2D eigenvalue weighted by Crippen LogP contribution is 2.30. The van der Waals surface area contributed by atoms with Crippen molar-refractivity contribution in [2.24, 2.45) is 5.73 Å². The molecule has 4 rings (SSSR count). The van der Waals surface area contributed by atoms with Gasteiger partial charge in [-0.05, 0) is 31.2 Å². The van der Waals surface area contributed by atoms with E-state index in [1.165, 1.54) is 10.7 Å². The number of hydrogen-bond donors (Lipinski definition) is 3. The van der Waals surface area contributed by atoms with E-state index in [1.54, 1.807) is 13.1 Å². The average molecular weight is 357 g/mol. The van der Waals surface area contributed by atoms with Gasteiger partial charge in [-0.2, -0.15) is 9.61 Å². The topological polar surface area (TPSA) is 101 Å². The fraction of sp³-hybridized carbons (Fsp3) is 0.353. The van der Waals surface area contributed by atoms with E-state index in [9.17, 15) is 9.18 Å². The van der Waals surface area contributed by atoms with E-state index >= 15 is 0 Å². The van der Waals surface area contributed by atoms with Gasteiger partial charge in [-0.1, -0.05) is 0 Å². The molecule has 1 amide bonds. The summed E-state index contributed by atoms with van der Waals surface area (Å²) in [6, 6.07) is 2.04. The highest BCUT2D eigenvalue weighted by molar-refractivity contribution is 5.98. The van der Waals surface area contributed by atoms with Crippen LogP contribution in [0.3, 0.4) is 0 Å². The Morgan fingerprint density at radius 3 is 2.92 bits per heavy atom. The van der Waals surface area contributed by atoms with Gasteiger partial charge in [-0.15, -0.1) is 0 Å². The molecular weight excluding hydrogens is 337 g/mol. The molecule has 2 aromatic heterocycles. The summed E-state index contributed by atoms with van der Waals surface area (Å²) in [7, 11) is 1.76. The highest BCUT2D eigenvalue weighted by atomic mass is 19.1. The fourth-order valence-electron chi connectivity index (χ4n) is 3.24. The molecule has 0 atom stereocenters. The lowest BCUT2D eigenvalue weighted by molar-refractivity contribution is 0.0897. The third kappa shape index (κ3) is 2.85. The molecule has 136 valence electrons. The summed E-state index contributed by atoms with van der Waals surface area (Å²) in [5, 5.41) is 10.5. The van der Waals surface area contributed by atoms with Crippen LogP contribution >= 0.6 is 0 Å². The zero-order chi connectivity index (χ0) is 18.3. The van der Waals surface area contributed by atoms with Crippen LogP contribution in [0.15, 0.2) is 36.3 Å². The molecule has 9 heteroatoms. The highest BCUT2D eigenvalue weighted by Gasteiger charge is 2.33. The quantitative estimate of drug-likeness (QED) is 0.750. The Labute approximate surface area is 149 Å². The van der Waals surface area contributed by atoms with Gasteiger partial charge in [0.15, 0.2) is 5.65 Å². The number of primary amides is 1. The predicted molar refractivity (Wildman–Crippen MR) is 96.5 cm³/mol. The maximum Gasteiger partial charge on any atom is 0.254 e. The summed E-state index contributed by atoms with van der Waals surface area (Å²) < 4.78 is 14.7. The van der Waals surface area contributed by atoms with Crippen LogP contribution in [0.2, 0.25) is 0 Å². The van der Waals surface area contributed by atoms with Crippen molar-refractivity contribution in [3.05, 3.63) is 41.9 Å². The minimum Gasteiger partial charge on any atom is -0.373 e. The van der Waals surface area contributed by atoms with E-state index in [-0.39, 0.29) is 11.6 Å². The number of anilines is 2. The smallest absolute Gasteiger partial charge is 0.254 e. The van der Waals surface area contributed by atoms with Gasteiger partial charge in [0.1, 0.15) is 23.4 Å². The largest absolute Gasteiger partial charge is 0.373 e. The third-order valence-corrected chi connectivity index (χ3v) is 4.73. The normalized spacial score (nSPS) is 22.1. The van der Waals surface area contributed by atoms with Crippen LogP contribution in [0.4, 0.5) is 16.0 Å². The summed E-state index contributed by atoms with van der Waals surface area (Å²) in [4.78, 5) is 18.2. The summed E-state index contributed by atoms with van der Waals surface area (Å²) in [6.45, 7) is 0.650. The summed E-state index contributed by atoms with van der Waals surface area (Å²) in [6.07, 6.45) is 7.74. The first-order chi connectivity index (χ1) is 12.5. The molecule has 8 nitrogen and oxygen atoms in total. The van der Waals surface area contributed by atoms with Crippen LogP contribution < -0.4 is 16.4 Å². The summed E-state index contributed by atoms with van der Waals surface area (Å²) in [5.41, 5.74) is 6.98. The van der Waals surface area contributed by atoms with Gasteiger partial charge < -0.3 is 21.3 Å². The number of alkyl halides is 1. The Bertz CT molecular complexity index is 913. The van der Waals surface area contributed by atoms with E-state index in [0.29, 0.717) is 36.7 Å². The van der Waals surface area contributed by atoms with E-state index in [1.807, 2.05) is 18.4 Å². The Morgan fingerprint density at radius 2 is 2.23 bits per heavy atom. The number of nitrogens with two attached hydrogens (primary N) is 1. The molecule has 0 bridgehead atoms. The van der Waals surface area contributed by atoms with Crippen molar-refractivity contribution < 1.29 is 9.18 Å². The second-order valence-corrected chi connectivity index (χ2v) is 6.49. The molecule has 1 aliphatic carbocycles.